The van der Waals surface area contributed by atoms with Crippen molar-refractivity contribution < 1.29 is 4.74 Å². The van der Waals surface area contributed by atoms with Crippen molar-refractivity contribution in [1.29, 1.82) is 0 Å². The fourth-order valence-electron chi connectivity index (χ4n) is 3.26. The van der Waals surface area contributed by atoms with E-state index in [4.69, 9.17) is 4.74 Å². The lowest BCUT2D eigenvalue weighted by atomic mass is 10.1. The van der Waals surface area contributed by atoms with Crippen molar-refractivity contribution >= 4 is 16.3 Å². The lowest BCUT2D eigenvalue weighted by molar-refractivity contribution is 0.0333. The van der Waals surface area contributed by atoms with Crippen molar-refractivity contribution in [3.63, 3.8) is 0 Å². The number of hydrogen-bond donors (Lipinski definition) is 1. The van der Waals surface area contributed by atoms with Crippen LogP contribution in [0.1, 0.15) is 22.3 Å². The van der Waals surface area contributed by atoms with Crippen molar-refractivity contribution in [2.24, 2.45) is 0 Å². The highest BCUT2D eigenvalue weighted by atomic mass is 32.1. The van der Waals surface area contributed by atoms with Gasteiger partial charge >= 0.3 is 0 Å². The van der Waals surface area contributed by atoms with Gasteiger partial charge in [0.05, 0.1) is 19.8 Å². The summed E-state index contributed by atoms with van der Waals surface area (Å²) in [5, 5.41) is 8.90. The average Bonchev–Trinajstić information content (AvgIpc) is 3.10. The molecule has 0 spiro atoms. The average molecular weight is 385 g/mol. The highest BCUT2D eigenvalue weighted by Crippen LogP contribution is 2.18. The van der Waals surface area contributed by atoms with Crippen LogP contribution in [0.25, 0.3) is 4.96 Å². The summed E-state index contributed by atoms with van der Waals surface area (Å²) >= 11 is 1.45. The number of nitrogens with zero attached hydrogens (tertiary/aromatic N) is 4. The third-order valence-electron chi connectivity index (χ3n) is 4.66. The van der Waals surface area contributed by atoms with Gasteiger partial charge < -0.3 is 10.1 Å². The van der Waals surface area contributed by atoms with E-state index in [-0.39, 0.29) is 11.6 Å². The number of rotatable bonds is 6. The fourth-order valence-corrected chi connectivity index (χ4v) is 4.15. The Balaban J connectivity index is 1.51. The molecule has 3 heterocycles. The van der Waals surface area contributed by atoms with Gasteiger partial charge in [0, 0.05) is 37.4 Å². The van der Waals surface area contributed by atoms with E-state index in [9.17, 15) is 4.79 Å². The van der Waals surface area contributed by atoms with Gasteiger partial charge in [0.1, 0.15) is 5.01 Å². The van der Waals surface area contributed by atoms with Gasteiger partial charge in [0.25, 0.3) is 5.56 Å². The Morgan fingerprint density at radius 2 is 2.04 bits per heavy atom. The quantitative estimate of drug-likeness (QED) is 0.695. The SMILES string of the molecule is Cc1cc(=O)n2nc(CN[C@@H](CN3CCOCC3)c3ccccc3)sc2n1. The maximum atomic E-state index is 12.1. The second-order valence-electron chi connectivity index (χ2n) is 6.68. The van der Waals surface area contributed by atoms with Gasteiger partial charge in [-0.05, 0) is 12.5 Å². The van der Waals surface area contributed by atoms with Gasteiger partial charge in [-0.3, -0.25) is 9.69 Å². The number of fused-ring (bicyclic) bond motifs is 1. The summed E-state index contributed by atoms with van der Waals surface area (Å²) in [6, 6.07) is 12.1. The van der Waals surface area contributed by atoms with Crippen LogP contribution in [0.3, 0.4) is 0 Å². The van der Waals surface area contributed by atoms with E-state index in [0.29, 0.717) is 11.5 Å². The predicted molar refractivity (Wildman–Crippen MR) is 105 cm³/mol. The molecule has 27 heavy (non-hydrogen) atoms. The van der Waals surface area contributed by atoms with E-state index in [1.54, 1.807) is 0 Å². The third-order valence-corrected chi connectivity index (χ3v) is 5.57. The first-order chi connectivity index (χ1) is 13.2. The number of nitrogens with one attached hydrogen (secondary N) is 1. The molecule has 1 aliphatic rings. The molecule has 2 aromatic heterocycles. The topological polar surface area (TPSA) is 71.8 Å². The van der Waals surface area contributed by atoms with Crippen molar-refractivity contribution in [1.82, 2.24) is 24.8 Å². The predicted octanol–water partition coefficient (Wildman–Crippen LogP) is 1.62. The smallest absolute Gasteiger partial charge is 0.275 e. The van der Waals surface area contributed by atoms with Crippen molar-refractivity contribution in [2.75, 3.05) is 32.8 Å². The molecule has 0 bridgehead atoms. The minimum atomic E-state index is -0.132. The van der Waals surface area contributed by atoms with Crippen LogP contribution < -0.4 is 10.9 Å². The Hall–Kier alpha value is -2.13. The van der Waals surface area contributed by atoms with Crippen LogP contribution in [-0.4, -0.2) is 52.3 Å². The first-order valence-electron chi connectivity index (χ1n) is 9.14. The maximum Gasteiger partial charge on any atom is 0.275 e. The Morgan fingerprint density at radius 1 is 1.26 bits per heavy atom. The molecule has 1 N–H and O–H groups in total. The van der Waals surface area contributed by atoms with E-state index in [2.05, 4.69) is 44.6 Å². The largest absolute Gasteiger partial charge is 0.379 e. The van der Waals surface area contributed by atoms with Crippen LogP contribution in [0.15, 0.2) is 41.2 Å². The Labute approximate surface area is 161 Å². The summed E-state index contributed by atoms with van der Waals surface area (Å²) in [6.07, 6.45) is 0. The van der Waals surface area contributed by atoms with Crippen LogP contribution >= 0.6 is 11.3 Å². The first-order valence-corrected chi connectivity index (χ1v) is 9.95. The fraction of sp³-hybridized carbons (Fsp3) is 0.421. The molecule has 4 rings (SSSR count). The standard InChI is InChI=1S/C19H23N5O2S/c1-14-11-18(25)24-19(21-14)27-17(22-24)12-20-16(15-5-3-2-4-6-15)13-23-7-9-26-10-8-23/h2-6,11,16,20H,7-10,12-13H2,1H3/t16-/m0/s1. The van der Waals surface area contributed by atoms with Crippen LogP contribution in [0.4, 0.5) is 0 Å². The zero-order chi connectivity index (χ0) is 18.6. The molecular formula is C19H23N5O2S. The van der Waals surface area contributed by atoms with Gasteiger partial charge in [0.2, 0.25) is 4.96 Å². The molecule has 1 fully saturated rings. The molecule has 1 aromatic carbocycles. The van der Waals surface area contributed by atoms with Crippen LogP contribution in [0.5, 0.6) is 0 Å². The molecular weight excluding hydrogens is 362 g/mol. The second-order valence-corrected chi connectivity index (χ2v) is 7.72. The van der Waals surface area contributed by atoms with Crippen LogP contribution in [0, 0.1) is 6.92 Å². The highest BCUT2D eigenvalue weighted by molar-refractivity contribution is 7.16. The number of ether oxygens (including phenoxy) is 1. The number of morpholine rings is 1. The third kappa shape index (κ3) is 4.41. The number of benzene rings is 1. The summed E-state index contributed by atoms with van der Waals surface area (Å²) in [4.78, 5) is 19.5. The van der Waals surface area contributed by atoms with E-state index < -0.39 is 0 Å². The Kier molecular flexibility index (Phi) is 5.58. The van der Waals surface area contributed by atoms with E-state index >= 15 is 0 Å². The molecule has 1 atom stereocenters. The maximum absolute atomic E-state index is 12.1. The van der Waals surface area contributed by atoms with Crippen molar-refractivity contribution in [3.8, 4) is 0 Å². The summed E-state index contributed by atoms with van der Waals surface area (Å²) in [5.41, 5.74) is 1.84. The second kappa shape index (κ2) is 8.26. The zero-order valence-corrected chi connectivity index (χ0v) is 16.1. The lowest BCUT2D eigenvalue weighted by Gasteiger charge is -2.31. The summed E-state index contributed by atoms with van der Waals surface area (Å²) in [5.74, 6) is 0. The molecule has 7 nitrogen and oxygen atoms in total. The molecule has 1 aliphatic heterocycles. The number of hydrogen-bond acceptors (Lipinski definition) is 7. The van der Waals surface area contributed by atoms with Crippen LogP contribution in [0.2, 0.25) is 0 Å². The minimum absolute atomic E-state index is 0.132. The van der Waals surface area contributed by atoms with Gasteiger partial charge in [-0.1, -0.05) is 41.7 Å². The molecule has 8 heteroatoms. The van der Waals surface area contributed by atoms with Gasteiger partial charge in [-0.2, -0.15) is 9.61 Å². The Bertz CT molecular complexity index is 950. The molecule has 0 aliphatic carbocycles. The minimum Gasteiger partial charge on any atom is -0.379 e. The van der Waals surface area contributed by atoms with Crippen molar-refractivity contribution in [3.05, 3.63) is 63.0 Å². The number of aryl methyl sites for hydroxylation is 1. The molecule has 0 unspecified atom stereocenters. The molecule has 3 aromatic rings. The molecule has 0 radical (unpaired) electrons. The zero-order valence-electron chi connectivity index (χ0n) is 15.3. The van der Waals surface area contributed by atoms with Gasteiger partial charge in [0.15, 0.2) is 0 Å². The first kappa shape index (κ1) is 18.2. The van der Waals surface area contributed by atoms with Gasteiger partial charge in [-0.15, -0.1) is 0 Å². The molecule has 0 amide bonds. The normalized spacial score (nSPS) is 16.6. The van der Waals surface area contributed by atoms with E-state index in [1.807, 2.05) is 13.0 Å². The summed E-state index contributed by atoms with van der Waals surface area (Å²) in [7, 11) is 0. The van der Waals surface area contributed by atoms with E-state index in [0.717, 1.165) is 43.5 Å². The highest BCUT2D eigenvalue weighted by Gasteiger charge is 2.19. The molecule has 1 saturated heterocycles. The van der Waals surface area contributed by atoms with Crippen molar-refractivity contribution in [2.45, 2.75) is 19.5 Å². The monoisotopic (exact) mass is 385 g/mol. The Morgan fingerprint density at radius 3 is 2.81 bits per heavy atom. The molecule has 142 valence electrons. The van der Waals surface area contributed by atoms with Gasteiger partial charge in [-0.25, -0.2) is 4.98 Å². The lowest BCUT2D eigenvalue weighted by Crippen LogP contribution is -2.41. The molecule has 0 saturated carbocycles. The summed E-state index contributed by atoms with van der Waals surface area (Å²) in [6.45, 7) is 6.80. The number of aromatic nitrogens is 3. The van der Waals surface area contributed by atoms with E-state index in [1.165, 1.54) is 27.5 Å². The van der Waals surface area contributed by atoms with Crippen LogP contribution in [-0.2, 0) is 11.3 Å². The summed E-state index contributed by atoms with van der Waals surface area (Å²) < 4.78 is 6.84.